The van der Waals surface area contributed by atoms with Crippen LogP contribution >= 0.6 is 0 Å². The van der Waals surface area contributed by atoms with Crippen LogP contribution in [0.3, 0.4) is 0 Å². The number of H-pyrrole nitrogens is 1. The molecule has 8 nitrogen and oxygen atoms in total. The van der Waals surface area contributed by atoms with Gasteiger partial charge in [0.25, 0.3) is 5.56 Å². The van der Waals surface area contributed by atoms with Crippen molar-refractivity contribution in [2.45, 2.75) is 31.6 Å². The molecule has 0 saturated heterocycles. The van der Waals surface area contributed by atoms with Gasteiger partial charge in [0.15, 0.2) is 11.7 Å². The van der Waals surface area contributed by atoms with Crippen molar-refractivity contribution in [3.8, 4) is 6.07 Å². The molecule has 0 aliphatic carbocycles. The van der Waals surface area contributed by atoms with E-state index >= 15 is 0 Å². The van der Waals surface area contributed by atoms with E-state index in [-0.39, 0.29) is 16.3 Å². The van der Waals surface area contributed by atoms with Crippen LogP contribution in [0.4, 0.5) is 0 Å². The highest BCUT2D eigenvalue weighted by Crippen LogP contribution is 2.21. The van der Waals surface area contributed by atoms with E-state index in [0.717, 1.165) is 5.56 Å². The predicted octanol–water partition coefficient (Wildman–Crippen LogP) is 2.75. The number of sulfonamides is 1. The summed E-state index contributed by atoms with van der Waals surface area (Å²) in [5.74, 6) is -1.96. The van der Waals surface area contributed by atoms with Gasteiger partial charge in [-0.05, 0) is 31.2 Å². The van der Waals surface area contributed by atoms with Gasteiger partial charge in [0.05, 0.1) is 21.9 Å². The van der Waals surface area contributed by atoms with Crippen LogP contribution in [0.1, 0.15) is 41.5 Å². The van der Waals surface area contributed by atoms with Crippen molar-refractivity contribution in [2.75, 3.05) is 13.1 Å². The standard InChI is InChI=1S/C22H22N4O4S/c1-4-26(5-2)31(29,30)16-9-7-15(8-10-16)20(27)18(13-23)21-24-19-11-6-14(3)12-17(19)22(28)25-21/h6-12,18H,4-5H2,1-3H3,(H,24,25,28)/t18-/m0/s1. The molecule has 0 saturated carbocycles. The lowest BCUT2D eigenvalue weighted by atomic mass is 9.98. The topological polar surface area (TPSA) is 124 Å². The van der Waals surface area contributed by atoms with Crippen molar-refractivity contribution in [3.05, 3.63) is 69.8 Å². The summed E-state index contributed by atoms with van der Waals surface area (Å²) in [6, 6.07) is 12.4. The van der Waals surface area contributed by atoms with Crippen molar-refractivity contribution in [3.63, 3.8) is 0 Å². The normalized spacial score (nSPS) is 12.6. The molecule has 0 unspecified atom stereocenters. The van der Waals surface area contributed by atoms with Crippen LogP contribution in [0.5, 0.6) is 0 Å². The highest BCUT2D eigenvalue weighted by atomic mass is 32.2. The van der Waals surface area contributed by atoms with Gasteiger partial charge in [0.1, 0.15) is 5.82 Å². The molecule has 3 rings (SSSR count). The van der Waals surface area contributed by atoms with Crippen molar-refractivity contribution in [2.24, 2.45) is 0 Å². The number of rotatable bonds is 7. The van der Waals surface area contributed by atoms with Gasteiger partial charge >= 0.3 is 0 Å². The molecule has 0 amide bonds. The lowest BCUT2D eigenvalue weighted by Gasteiger charge is -2.18. The van der Waals surface area contributed by atoms with Crippen molar-refractivity contribution < 1.29 is 13.2 Å². The lowest BCUT2D eigenvalue weighted by molar-refractivity contribution is 0.0976. The third-order valence-electron chi connectivity index (χ3n) is 5.03. The Labute approximate surface area is 180 Å². The molecule has 0 bridgehead atoms. The SMILES string of the molecule is CCN(CC)S(=O)(=O)c1ccc(C(=O)[C@H](C#N)c2nc3ccc(C)cc3c(=O)[nH]2)cc1. The number of hydrogen-bond donors (Lipinski definition) is 1. The van der Waals surface area contributed by atoms with E-state index in [9.17, 15) is 23.3 Å². The minimum absolute atomic E-state index is 0.0475. The van der Waals surface area contributed by atoms with E-state index in [1.807, 2.05) is 13.0 Å². The number of aromatic amines is 1. The summed E-state index contributed by atoms with van der Waals surface area (Å²) in [6.07, 6.45) is 0. The summed E-state index contributed by atoms with van der Waals surface area (Å²) in [5, 5.41) is 9.98. The Morgan fingerprint density at radius 2 is 1.81 bits per heavy atom. The van der Waals surface area contributed by atoms with Gasteiger partial charge in [-0.3, -0.25) is 9.59 Å². The van der Waals surface area contributed by atoms with E-state index in [1.165, 1.54) is 28.6 Å². The molecule has 0 spiro atoms. The molecule has 0 aliphatic rings. The number of carbonyl (C=O) groups is 1. The molecule has 160 valence electrons. The van der Waals surface area contributed by atoms with Gasteiger partial charge < -0.3 is 4.98 Å². The number of fused-ring (bicyclic) bond motifs is 1. The van der Waals surface area contributed by atoms with Crippen LogP contribution in [0.25, 0.3) is 10.9 Å². The first-order valence-electron chi connectivity index (χ1n) is 9.77. The van der Waals surface area contributed by atoms with E-state index in [0.29, 0.717) is 24.0 Å². The summed E-state index contributed by atoms with van der Waals surface area (Å²) in [7, 11) is -3.66. The van der Waals surface area contributed by atoms with Gasteiger partial charge in [-0.1, -0.05) is 37.6 Å². The van der Waals surface area contributed by atoms with Crippen molar-refractivity contribution in [1.82, 2.24) is 14.3 Å². The second-order valence-electron chi connectivity index (χ2n) is 7.01. The first-order valence-corrected chi connectivity index (χ1v) is 11.2. The Morgan fingerprint density at radius 3 is 2.39 bits per heavy atom. The van der Waals surface area contributed by atoms with Crippen LogP contribution in [0.15, 0.2) is 52.2 Å². The molecule has 0 radical (unpaired) electrons. The smallest absolute Gasteiger partial charge is 0.258 e. The summed E-state index contributed by atoms with van der Waals surface area (Å²) in [4.78, 5) is 32.3. The van der Waals surface area contributed by atoms with E-state index in [4.69, 9.17) is 0 Å². The highest BCUT2D eigenvalue weighted by molar-refractivity contribution is 7.89. The molecule has 9 heteroatoms. The zero-order valence-electron chi connectivity index (χ0n) is 17.4. The average molecular weight is 439 g/mol. The van der Waals surface area contributed by atoms with E-state index in [2.05, 4.69) is 9.97 Å². The largest absolute Gasteiger partial charge is 0.308 e. The van der Waals surface area contributed by atoms with Gasteiger partial charge in [-0.25, -0.2) is 13.4 Å². The zero-order chi connectivity index (χ0) is 22.8. The molecule has 3 aromatic rings. The van der Waals surface area contributed by atoms with Gasteiger partial charge in [0.2, 0.25) is 10.0 Å². The third kappa shape index (κ3) is 4.26. The van der Waals surface area contributed by atoms with Crippen LogP contribution in [0.2, 0.25) is 0 Å². The average Bonchev–Trinajstić information content (AvgIpc) is 2.75. The molecule has 1 atom stereocenters. The number of nitrogens with one attached hydrogen (secondary N) is 1. The molecule has 1 aromatic heterocycles. The quantitative estimate of drug-likeness (QED) is 0.566. The molecule has 1 heterocycles. The first kappa shape index (κ1) is 22.3. The Hall–Kier alpha value is -3.35. The number of nitrogens with zero attached hydrogens (tertiary/aromatic N) is 3. The number of aromatic nitrogens is 2. The lowest BCUT2D eigenvalue weighted by Crippen LogP contribution is -2.30. The van der Waals surface area contributed by atoms with Gasteiger partial charge in [0, 0.05) is 18.7 Å². The van der Waals surface area contributed by atoms with Crippen LogP contribution in [-0.2, 0) is 10.0 Å². The van der Waals surface area contributed by atoms with Crippen molar-refractivity contribution in [1.29, 1.82) is 5.26 Å². The number of hydrogen-bond acceptors (Lipinski definition) is 6. The monoisotopic (exact) mass is 438 g/mol. The van der Waals surface area contributed by atoms with E-state index in [1.54, 1.807) is 32.0 Å². The van der Waals surface area contributed by atoms with Gasteiger partial charge in [-0.15, -0.1) is 0 Å². The number of aryl methyl sites for hydroxylation is 1. The minimum atomic E-state index is -3.66. The summed E-state index contributed by atoms with van der Waals surface area (Å²) in [6.45, 7) is 6.00. The maximum absolute atomic E-state index is 12.9. The molecule has 0 aliphatic heterocycles. The van der Waals surface area contributed by atoms with Crippen LogP contribution in [0, 0.1) is 18.3 Å². The Balaban J connectivity index is 1.96. The molecule has 31 heavy (non-hydrogen) atoms. The Bertz CT molecular complexity index is 1330. The van der Waals surface area contributed by atoms with Gasteiger partial charge in [-0.2, -0.15) is 9.57 Å². The molecular formula is C22H22N4O4S. The fraction of sp³-hybridized carbons (Fsp3) is 0.273. The maximum Gasteiger partial charge on any atom is 0.258 e. The summed E-state index contributed by atoms with van der Waals surface area (Å²) >= 11 is 0. The number of nitriles is 1. The fourth-order valence-corrected chi connectivity index (χ4v) is 4.78. The number of Topliss-reactive ketones (excluding diaryl/α,β-unsaturated/α-hetero) is 1. The number of benzene rings is 2. The maximum atomic E-state index is 12.9. The molecule has 0 fully saturated rings. The summed E-state index contributed by atoms with van der Waals surface area (Å²) in [5.41, 5.74) is 0.993. The minimum Gasteiger partial charge on any atom is -0.308 e. The predicted molar refractivity (Wildman–Crippen MR) is 116 cm³/mol. The fourth-order valence-electron chi connectivity index (χ4n) is 3.32. The first-order chi connectivity index (χ1) is 14.7. The second-order valence-corrected chi connectivity index (χ2v) is 8.95. The summed E-state index contributed by atoms with van der Waals surface area (Å²) < 4.78 is 26.5. The molecular weight excluding hydrogens is 416 g/mol. The number of ketones is 1. The van der Waals surface area contributed by atoms with Crippen LogP contribution < -0.4 is 5.56 Å². The Morgan fingerprint density at radius 1 is 1.16 bits per heavy atom. The molecule has 1 N–H and O–H groups in total. The third-order valence-corrected chi connectivity index (χ3v) is 7.09. The second kappa shape index (κ2) is 8.79. The number of carbonyl (C=O) groups excluding carboxylic acids is 1. The molecule has 2 aromatic carbocycles. The van der Waals surface area contributed by atoms with Crippen molar-refractivity contribution >= 4 is 26.7 Å². The highest BCUT2D eigenvalue weighted by Gasteiger charge is 2.26. The zero-order valence-corrected chi connectivity index (χ0v) is 18.2. The van der Waals surface area contributed by atoms with E-state index < -0.39 is 27.3 Å². The van der Waals surface area contributed by atoms with Crippen LogP contribution in [-0.4, -0.2) is 41.6 Å². The Kier molecular flexibility index (Phi) is 6.34.